The van der Waals surface area contributed by atoms with Crippen LogP contribution in [0.4, 0.5) is 0 Å². The normalized spacial score (nSPS) is 11.1. The maximum absolute atomic E-state index is 11.3. The highest BCUT2D eigenvalue weighted by Crippen LogP contribution is 2.35. The van der Waals surface area contributed by atoms with Crippen molar-refractivity contribution in [2.75, 3.05) is 7.11 Å². The highest BCUT2D eigenvalue weighted by Gasteiger charge is 2.22. The lowest BCUT2D eigenvalue weighted by molar-refractivity contribution is -0.134. The molecule has 106 valence electrons. The monoisotopic (exact) mass is 270 g/mol. The Labute approximate surface area is 121 Å². The molecule has 20 heavy (non-hydrogen) atoms. The van der Waals surface area contributed by atoms with Crippen molar-refractivity contribution in [2.24, 2.45) is 5.41 Å². The molecule has 2 nitrogen and oxygen atoms in total. The first-order chi connectivity index (χ1) is 9.36. The van der Waals surface area contributed by atoms with Gasteiger partial charge >= 0.3 is 5.97 Å². The van der Waals surface area contributed by atoms with Crippen molar-refractivity contribution in [3.63, 3.8) is 0 Å². The third-order valence-corrected chi connectivity index (χ3v) is 2.92. The van der Waals surface area contributed by atoms with E-state index in [4.69, 9.17) is 0 Å². The number of benzene rings is 1. The van der Waals surface area contributed by atoms with Gasteiger partial charge in [0.2, 0.25) is 0 Å². The fourth-order valence-corrected chi connectivity index (χ4v) is 1.89. The Hall–Kier alpha value is -2.05. The number of carbonyl (C=O) groups excluding carboxylic acids is 1. The average molecular weight is 270 g/mol. The lowest BCUT2D eigenvalue weighted by atomic mass is 9.80. The SMILES string of the molecule is COC(=O)/C=C\C(C)(C)C(=C=C(C)C)c1ccccc1. The van der Waals surface area contributed by atoms with Crippen LogP contribution < -0.4 is 0 Å². The number of esters is 1. The lowest BCUT2D eigenvalue weighted by Gasteiger charge is -2.23. The van der Waals surface area contributed by atoms with Crippen LogP contribution in [0.1, 0.15) is 33.3 Å². The summed E-state index contributed by atoms with van der Waals surface area (Å²) in [7, 11) is 1.38. The number of hydrogen-bond acceptors (Lipinski definition) is 2. The molecule has 0 atom stereocenters. The van der Waals surface area contributed by atoms with Gasteiger partial charge in [-0.25, -0.2) is 4.79 Å². The molecule has 0 saturated heterocycles. The summed E-state index contributed by atoms with van der Waals surface area (Å²) in [6, 6.07) is 10.1. The van der Waals surface area contributed by atoms with Crippen molar-refractivity contribution < 1.29 is 9.53 Å². The standard InChI is InChI=1S/C18H22O2/c1-14(2)13-16(15-9-7-6-8-10-15)18(3,4)12-11-17(19)20-5/h6-12H,1-5H3/b12-11-. The Balaban J connectivity index is 3.30. The van der Waals surface area contributed by atoms with Crippen LogP contribution in [-0.2, 0) is 9.53 Å². The molecule has 1 aromatic carbocycles. The van der Waals surface area contributed by atoms with Crippen LogP contribution in [0, 0.1) is 5.41 Å². The third kappa shape index (κ3) is 4.56. The molecule has 0 unspecified atom stereocenters. The average Bonchev–Trinajstić information content (AvgIpc) is 2.43. The molecule has 0 bridgehead atoms. The molecule has 0 radical (unpaired) electrons. The highest BCUT2D eigenvalue weighted by molar-refractivity contribution is 5.83. The summed E-state index contributed by atoms with van der Waals surface area (Å²) in [5.41, 5.74) is 6.35. The van der Waals surface area contributed by atoms with Gasteiger partial charge in [-0.15, -0.1) is 5.73 Å². The van der Waals surface area contributed by atoms with Crippen LogP contribution in [0.25, 0.3) is 5.57 Å². The zero-order valence-corrected chi connectivity index (χ0v) is 12.9. The number of hydrogen-bond donors (Lipinski definition) is 0. The molecule has 0 aliphatic rings. The largest absolute Gasteiger partial charge is 0.466 e. The summed E-state index contributed by atoms with van der Waals surface area (Å²) in [4.78, 5) is 11.3. The van der Waals surface area contributed by atoms with Gasteiger partial charge in [-0.05, 0) is 25.0 Å². The molecule has 0 amide bonds. The van der Waals surface area contributed by atoms with Crippen molar-refractivity contribution >= 4 is 11.5 Å². The summed E-state index contributed by atoms with van der Waals surface area (Å²) in [6.45, 7) is 8.15. The van der Waals surface area contributed by atoms with Crippen LogP contribution in [0.5, 0.6) is 0 Å². The molecule has 0 N–H and O–H groups in total. The van der Waals surface area contributed by atoms with E-state index >= 15 is 0 Å². The Morgan fingerprint density at radius 1 is 1.20 bits per heavy atom. The van der Waals surface area contributed by atoms with Crippen molar-refractivity contribution in [3.05, 3.63) is 59.4 Å². The second-order valence-electron chi connectivity index (χ2n) is 5.44. The molecule has 0 aliphatic carbocycles. The maximum atomic E-state index is 11.3. The van der Waals surface area contributed by atoms with Crippen molar-refractivity contribution in [2.45, 2.75) is 27.7 Å². The quantitative estimate of drug-likeness (QED) is 0.461. The van der Waals surface area contributed by atoms with Crippen molar-refractivity contribution in [1.29, 1.82) is 0 Å². The Morgan fingerprint density at radius 3 is 2.30 bits per heavy atom. The summed E-state index contributed by atoms with van der Waals surface area (Å²) >= 11 is 0. The smallest absolute Gasteiger partial charge is 0.330 e. The van der Waals surface area contributed by atoms with E-state index in [1.807, 2.05) is 38.1 Å². The van der Waals surface area contributed by atoms with Crippen LogP contribution in [0.3, 0.4) is 0 Å². The first kappa shape index (κ1) is 16.0. The summed E-state index contributed by atoms with van der Waals surface area (Å²) in [6.07, 6.45) is 3.33. The van der Waals surface area contributed by atoms with Gasteiger partial charge in [0.25, 0.3) is 0 Å². The molecule has 0 spiro atoms. The number of carbonyl (C=O) groups is 1. The molecule has 0 fully saturated rings. The fourth-order valence-electron chi connectivity index (χ4n) is 1.89. The second kappa shape index (κ2) is 6.93. The number of ether oxygens (including phenoxy) is 1. The first-order valence-electron chi connectivity index (χ1n) is 6.64. The van der Waals surface area contributed by atoms with Gasteiger partial charge in [0.15, 0.2) is 0 Å². The second-order valence-corrected chi connectivity index (χ2v) is 5.44. The molecule has 0 aliphatic heterocycles. The van der Waals surface area contributed by atoms with Gasteiger partial charge < -0.3 is 4.74 Å². The lowest BCUT2D eigenvalue weighted by Crippen LogP contribution is -2.11. The van der Waals surface area contributed by atoms with Gasteiger partial charge in [-0.1, -0.05) is 50.3 Å². The predicted molar refractivity (Wildman–Crippen MR) is 83.2 cm³/mol. The van der Waals surface area contributed by atoms with Gasteiger partial charge in [0.05, 0.1) is 7.11 Å². The third-order valence-electron chi connectivity index (χ3n) is 2.92. The summed E-state index contributed by atoms with van der Waals surface area (Å²) in [5, 5.41) is 0. The predicted octanol–water partition coefficient (Wildman–Crippen LogP) is 4.39. The topological polar surface area (TPSA) is 26.3 Å². The van der Waals surface area contributed by atoms with Crippen LogP contribution in [0.2, 0.25) is 0 Å². The first-order valence-corrected chi connectivity index (χ1v) is 6.64. The zero-order chi connectivity index (χ0) is 15.2. The van der Waals surface area contributed by atoms with E-state index in [2.05, 4.69) is 36.4 Å². The van der Waals surface area contributed by atoms with Gasteiger partial charge in [-0.2, -0.15) is 0 Å². The minimum absolute atomic E-state index is 0.313. The Kier molecular flexibility index (Phi) is 5.54. The molecule has 0 heterocycles. The van der Waals surface area contributed by atoms with E-state index in [1.54, 1.807) is 0 Å². The van der Waals surface area contributed by atoms with Crippen molar-refractivity contribution in [3.8, 4) is 0 Å². The van der Waals surface area contributed by atoms with E-state index in [-0.39, 0.29) is 11.4 Å². The number of rotatable bonds is 4. The minimum atomic E-state index is -0.345. The summed E-state index contributed by atoms with van der Waals surface area (Å²) in [5.74, 6) is -0.345. The Bertz CT molecular complexity index is 552. The molecule has 0 saturated carbocycles. The summed E-state index contributed by atoms with van der Waals surface area (Å²) < 4.78 is 4.65. The molecule has 0 aromatic heterocycles. The van der Waals surface area contributed by atoms with Gasteiger partial charge in [-0.3, -0.25) is 0 Å². The molecular formula is C18H22O2. The van der Waals surface area contributed by atoms with Gasteiger partial charge in [0, 0.05) is 17.1 Å². The van der Waals surface area contributed by atoms with Crippen LogP contribution in [-0.4, -0.2) is 13.1 Å². The molecular weight excluding hydrogens is 248 g/mol. The van der Waals surface area contributed by atoms with Crippen LogP contribution >= 0.6 is 0 Å². The number of methoxy groups -OCH3 is 1. The molecule has 2 heteroatoms. The molecule has 1 aromatic rings. The Morgan fingerprint density at radius 2 is 1.80 bits per heavy atom. The van der Waals surface area contributed by atoms with Crippen molar-refractivity contribution in [1.82, 2.24) is 0 Å². The van der Waals surface area contributed by atoms with E-state index < -0.39 is 0 Å². The highest BCUT2D eigenvalue weighted by atomic mass is 16.5. The fraction of sp³-hybridized carbons (Fsp3) is 0.333. The molecule has 1 rings (SSSR count). The van der Waals surface area contributed by atoms with Gasteiger partial charge in [0.1, 0.15) is 0 Å². The maximum Gasteiger partial charge on any atom is 0.330 e. The zero-order valence-electron chi connectivity index (χ0n) is 12.9. The van der Waals surface area contributed by atoms with E-state index in [0.717, 1.165) is 16.7 Å². The van der Waals surface area contributed by atoms with E-state index in [0.29, 0.717) is 0 Å². The minimum Gasteiger partial charge on any atom is -0.466 e. The number of allylic oxidation sites excluding steroid dienone is 2. The van der Waals surface area contributed by atoms with E-state index in [1.165, 1.54) is 13.2 Å². The van der Waals surface area contributed by atoms with E-state index in [9.17, 15) is 4.79 Å². The van der Waals surface area contributed by atoms with Crippen LogP contribution in [0.15, 0.2) is 53.8 Å².